The van der Waals surface area contributed by atoms with E-state index in [-0.39, 0.29) is 0 Å². The van der Waals surface area contributed by atoms with E-state index in [0.717, 1.165) is 17.5 Å². The summed E-state index contributed by atoms with van der Waals surface area (Å²) in [5, 5.41) is 16.7. The van der Waals surface area contributed by atoms with E-state index in [9.17, 15) is 4.79 Å². The second-order valence-electron chi connectivity index (χ2n) is 4.91. The summed E-state index contributed by atoms with van der Waals surface area (Å²) in [5.74, 6) is 1.05. The van der Waals surface area contributed by atoms with Crippen LogP contribution in [0.5, 0.6) is 0 Å². The highest BCUT2D eigenvalue weighted by atomic mass is 16.4. The third kappa shape index (κ3) is 2.79. The number of aromatic nitrogens is 2. The van der Waals surface area contributed by atoms with Gasteiger partial charge in [0.05, 0.1) is 0 Å². The predicted molar refractivity (Wildman–Crippen MR) is 76.7 cm³/mol. The minimum Gasteiger partial charge on any atom is -0.465 e. The molecule has 3 rings (SSSR count). The van der Waals surface area contributed by atoms with E-state index in [1.807, 2.05) is 30.3 Å². The fraction of sp³-hybridized carbons (Fsp3) is 0.267. The number of nitrogens with zero attached hydrogens (tertiary/aromatic N) is 3. The summed E-state index contributed by atoms with van der Waals surface area (Å²) in [5.41, 5.74) is 3.14. The van der Waals surface area contributed by atoms with Crippen molar-refractivity contribution in [2.24, 2.45) is 0 Å². The molecule has 1 aliphatic rings. The standard InChI is InChI=1S/C15H15N3O3/c1-10-16-17-14(21-10)13-4-2-11(3-5-13)12-6-8-18(9-7-12)15(19)20/h2-6H,7-9H2,1H3,(H,19,20). The summed E-state index contributed by atoms with van der Waals surface area (Å²) in [4.78, 5) is 12.3. The SMILES string of the molecule is Cc1nnc(-c2ccc(C3=CCN(C(=O)O)CC3)cc2)o1. The molecular formula is C15H15N3O3. The minimum absolute atomic E-state index is 0.440. The van der Waals surface area contributed by atoms with Crippen LogP contribution >= 0.6 is 0 Å². The summed E-state index contributed by atoms with van der Waals surface area (Å²) in [7, 11) is 0. The van der Waals surface area contributed by atoms with Crippen LogP contribution in [-0.4, -0.2) is 39.4 Å². The molecule has 0 radical (unpaired) electrons. The zero-order valence-electron chi connectivity index (χ0n) is 11.6. The quantitative estimate of drug-likeness (QED) is 0.917. The first-order valence-electron chi connectivity index (χ1n) is 6.71. The highest BCUT2D eigenvalue weighted by Crippen LogP contribution is 2.25. The van der Waals surface area contributed by atoms with Crippen LogP contribution in [-0.2, 0) is 0 Å². The Labute approximate surface area is 121 Å². The monoisotopic (exact) mass is 285 g/mol. The van der Waals surface area contributed by atoms with Gasteiger partial charge in [-0.15, -0.1) is 10.2 Å². The molecule has 1 amide bonds. The molecule has 2 heterocycles. The minimum atomic E-state index is -0.868. The maximum absolute atomic E-state index is 10.9. The van der Waals surface area contributed by atoms with Crippen molar-refractivity contribution >= 4 is 11.7 Å². The van der Waals surface area contributed by atoms with Gasteiger partial charge in [0, 0.05) is 25.6 Å². The van der Waals surface area contributed by atoms with Gasteiger partial charge in [-0.3, -0.25) is 0 Å². The Kier molecular flexibility index (Phi) is 3.43. The molecule has 1 aliphatic heterocycles. The fourth-order valence-corrected chi connectivity index (χ4v) is 2.35. The highest BCUT2D eigenvalue weighted by Gasteiger charge is 2.16. The topological polar surface area (TPSA) is 79.5 Å². The summed E-state index contributed by atoms with van der Waals surface area (Å²) in [6, 6.07) is 7.87. The van der Waals surface area contributed by atoms with Crippen LogP contribution in [0.15, 0.2) is 34.8 Å². The van der Waals surface area contributed by atoms with Crippen LogP contribution in [0.1, 0.15) is 17.9 Å². The lowest BCUT2D eigenvalue weighted by Gasteiger charge is -2.23. The van der Waals surface area contributed by atoms with E-state index in [0.29, 0.717) is 24.9 Å². The van der Waals surface area contributed by atoms with Gasteiger partial charge < -0.3 is 14.4 Å². The Morgan fingerprint density at radius 3 is 2.48 bits per heavy atom. The summed E-state index contributed by atoms with van der Waals surface area (Å²) in [6.07, 6.45) is 1.82. The van der Waals surface area contributed by atoms with E-state index in [1.165, 1.54) is 10.5 Å². The Morgan fingerprint density at radius 1 is 1.24 bits per heavy atom. The van der Waals surface area contributed by atoms with Crippen molar-refractivity contribution in [3.63, 3.8) is 0 Å². The molecule has 0 saturated carbocycles. The lowest BCUT2D eigenvalue weighted by Crippen LogP contribution is -2.33. The second-order valence-corrected chi connectivity index (χ2v) is 4.91. The number of rotatable bonds is 2. The highest BCUT2D eigenvalue weighted by molar-refractivity contribution is 5.72. The Hall–Kier alpha value is -2.63. The van der Waals surface area contributed by atoms with Gasteiger partial charge in [-0.1, -0.05) is 18.2 Å². The molecule has 0 bridgehead atoms. The van der Waals surface area contributed by atoms with Crippen molar-refractivity contribution < 1.29 is 14.3 Å². The number of hydrogen-bond acceptors (Lipinski definition) is 4. The predicted octanol–water partition coefficient (Wildman–Crippen LogP) is 2.81. The molecule has 108 valence electrons. The number of carboxylic acid groups (broad SMARTS) is 1. The van der Waals surface area contributed by atoms with Gasteiger partial charge in [0.25, 0.3) is 0 Å². The molecule has 1 aromatic heterocycles. The Morgan fingerprint density at radius 2 is 1.95 bits per heavy atom. The zero-order chi connectivity index (χ0) is 14.8. The van der Waals surface area contributed by atoms with Gasteiger partial charge in [0.2, 0.25) is 11.8 Å². The van der Waals surface area contributed by atoms with Crippen LogP contribution in [0, 0.1) is 6.92 Å². The summed E-state index contributed by atoms with van der Waals surface area (Å²) < 4.78 is 5.39. The molecule has 1 aromatic carbocycles. The molecule has 1 N–H and O–H groups in total. The molecule has 0 fully saturated rings. The number of carbonyl (C=O) groups is 1. The molecule has 6 nitrogen and oxygen atoms in total. The maximum Gasteiger partial charge on any atom is 0.407 e. The van der Waals surface area contributed by atoms with Crippen molar-refractivity contribution in [2.75, 3.05) is 13.1 Å². The normalized spacial score (nSPS) is 14.9. The van der Waals surface area contributed by atoms with Crippen molar-refractivity contribution in [1.82, 2.24) is 15.1 Å². The molecule has 0 spiro atoms. The van der Waals surface area contributed by atoms with Crippen molar-refractivity contribution in [3.8, 4) is 11.5 Å². The molecular weight excluding hydrogens is 270 g/mol. The first kappa shape index (κ1) is 13.4. The second kappa shape index (κ2) is 5.40. The molecule has 6 heteroatoms. The van der Waals surface area contributed by atoms with Gasteiger partial charge in [-0.05, 0) is 29.7 Å². The third-order valence-electron chi connectivity index (χ3n) is 3.51. The molecule has 0 unspecified atom stereocenters. The van der Waals surface area contributed by atoms with Crippen LogP contribution < -0.4 is 0 Å². The summed E-state index contributed by atoms with van der Waals surface area (Å²) >= 11 is 0. The van der Waals surface area contributed by atoms with Crippen molar-refractivity contribution in [3.05, 3.63) is 41.8 Å². The first-order valence-corrected chi connectivity index (χ1v) is 6.71. The lowest BCUT2D eigenvalue weighted by atomic mass is 9.98. The van der Waals surface area contributed by atoms with Crippen LogP contribution in [0.2, 0.25) is 0 Å². The van der Waals surface area contributed by atoms with Gasteiger partial charge in [-0.25, -0.2) is 4.79 Å². The lowest BCUT2D eigenvalue weighted by molar-refractivity contribution is 0.150. The van der Waals surface area contributed by atoms with Gasteiger partial charge in [0.1, 0.15) is 0 Å². The number of benzene rings is 1. The first-order chi connectivity index (χ1) is 10.1. The van der Waals surface area contributed by atoms with Gasteiger partial charge in [-0.2, -0.15) is 0 Å². The van der Waals surface area contributed by atoms with Gasteiger partial charge >= 0.3 is 6.09 Å². The Balaban J connectivity index is 1.77. The largest absolute Gasteiger partial charge is 0.465 e. The van der Waals surface area contributed by atoms with Crippen molar-refractivity contribution in [1.29, 1.82) is 0 Å². The van der Waals surface area contributed by atoms with Gasteiger partial charge in [0.15, 0.2) is 0 Å². The van der Waals surface area contributed by atoms with E-state index >= 15 is 0 Å². The number of amides is 1. The maximum atomic E-state index is 10.9. The van der Waals surface area contributed by atoms with Crippen LogP contribution in [0.3, 0.4) is 0 Å². The molecule has 2 aromatic rings. The molecule has 21 heavy (non-hydrogen) atoms. The van der Waals surface area contributed by atoms with E-state index in [1.54, 1.807) is 6.92 Å². The Bertz CT molecular complexity index is 688. The van der Waals surface area contributed by atoms with Crippen LogP contribution in [0.25, 0.3) is 17.0 Å². The van der Waals surface area contributed by atoms with E-state index in [4.69, 9.17) is 9.52 Å². The average Bonchev–Trinajstić information content (AvgIpc) is 2.94. The number of hydrogen-bond donors (Lipinski definition) is 1. The molecule has 0 saturated heterocycles. The smallest absolute Gasteiger partial charge is 0.407 e. The molecule has 0 aliphatic carbocycles. The molecule has 0 atom stereocenters. The van der Waals surface area contributed by atoms with E-state index < -0.39 is 6.09 Å². The fourth-order valence-electron chi connectivity index (χ4n) is 2.35. The zero-order valence-corrected chi connectivity index (χ0v) is 11.6. The van der Waals surface area contributed by atoms with Crippen molar-refractivity contribution in [2.45, 2.75) is 13.3 Å². The summed E-state index contributed by atoms with van der Waals surface area (Å²) in [6.45, 7) is 2.73. The van der Waals surface area contributed by atoms with E-state index in [2.05, 4.69) is 10.2 Å². The number of aryl methyl sites for hydroxylation is 1. The average molecular weight is 285 g/mol. The third-order valence-corrected chi connectivity index (χ3v) is 3.51. The van der Waals surface area contributed by atoms with Crippen LogP contribution in [0.4, 0.5) is 4.79 Å².